The van der Waals surface area contributed by atoms with Crippen molar-refractivity contribution in [3.63, 3.8) is 0 Å². The number of nitrogens with one attached hydrogen (secondary N) is 1. The molecule has 0 amide bonds. The van der Waals surface area contributed by atoms with Crippen LogP contribution in [-0.2, 0) is 0 Å². The quantitative estimate of drug-likeness (QED) is 0.520. The predicted octanol–water partition coefficient (Wildman–Crippen LogP) is 0.298. The van der Waals surface area contributed by atoms with Crippen molar-refractivity contribution in [1.29, 1.82) is 0 Å². The Bertz CT molecular complexity index is 107. The molecule has 2 rings (SSSR count). The molecule has 58 valence electrons. The van der Waals surface area contributed by atoms with Crippen LogP contribution in [-0.4, -0.2) is 37.1 Å². The highest BCUT2D eigenvalue weighted by Gasteiger charge is 2.37. The minimum Gasteiger partial charge on any atom is -0.310 e. The van der Waals surface area contributed by atoms with E-state index in [1.165, 1.54) is 19.5 Å². The van der Waals surface area contributed by atoms with Gasteiger partial charge in [-0.1, -0.05) is 0 Å². The van der Waals surface area contributed by atoms with Crippen LogP contribution in [0.5, 0.6) is 0 Å². The van der Waals surface area contributed by atoms with E-state index in [0.717, 1.165) is 18.0 Å². The Morgan fingerprint density at radius 3 is 2.90 bits per heavy atom. The summed E-state index contributed by atoms with van der Waals surface area (Å²) in [5, 5.41) is 3.60. The van der Waals surface area contributed by atoms with Gasteiger partial charge in [0.05, 0.1) is 0 Å². The Labute approximate surface area is 62.6 Å². The fourth-order valence-electron chi connectivity index (χ4n) is 2.40. The van der Waals surface area contributed by atoms with Crippen molar-refractivity contribution < 1.29 is 0 Å². The standard InChI is InChI=1S/C8H16N2/c1-6-3-7-4-10(2)5-8(7)9-6/h6-9H,3-5H2,1-2H3/t6?,7-,8+/m0/s1. The van der Waals surface area contributed by atoms with E-state index < -0.39 is 0 Å². The first kappa shape index (κ1) is 6.62. The summed E-state index contributed by atoms with van der Waals surface area (Å²) in [5.41, 5.74) is 0. The van der Waals surface area contributed by atoms with Crippen molar-refractivity contribution >= 4 is 0 Å². The van der Waals surface area contributed by atoms with Gasteiger partial charge in [-0.2, -0.15) is 0 Å². The van der Waals surface area contributed by atoms with Gasteiger partial charge in [0.15, 0.2) is 0 Å². The number of rotatable bonds is 0. The van der Waals surface area contributed by atoms with Gasteiger partial charge in [-0.15, -0.1) is 0 Å². The lowest BCUT2D eigenvalue weighted by Crippen LogP contribution is -2.32. The molecule has 0 aromatic carbocycles. The summed E-state index contributed by atoms with van der Waals surface area (Å²) in [6.45, 7) is 4.86. The SMILES string of the molecule is CC1C[C@H]2CN(C)C[C@H]2N1. The van der Waals surface area contributed by atoms with Crippen LogP contribution in [0.1, 0.15) is 13.3 Å². The van der Waals surface area contributed by atoms with Gasteiger partial charge >= 0.3 is 0 Å². The minimum atomic E-state index is 0.767. The lowest BCUT2D eigenvalue weighted by molar-refractivity contribution is 0.370. The fourth-order valence-corrected chi connectivity index (χ4v) is 2.40. The summed E-state index contributed by atoms with van der Waals surface area (Å²) >= 11 is 0. The first-order chi connectivity index (χ1) is 4.75. The molecule has 0 bridgehead atoms. The maximum atomic E-state index is 3.60. The maximum absolute atomic E-state index is 3.60. The Balaban J connectivity index is 2.00. The minimum absolute atomic E-state index is 0.767. The van der Waals surface area contributed by atoms with Gasteiger partial charge in [0, 0.05) is 25.2 Å². The average molecular weight is 140 g/mol. The van der Waals surface area contributed by atoms with Crippen molar-refractivity contribution in [1.82, 2.24) is 10.2 Å². The van der Waals surface area contributed by atoms with Gasteiger partial charge in [-0.3, -0.25) is 0 Å². The molecule has 1 N–H and O–H groups in total. The third kappa shape index (κ3) is 0.956. The molecule has 2 aliphatic rings. The molecule has 2 saturated heterocycles. The van der Waals surface area contributed by atoms with Crippen LogP contribution >= 0.6 is 0 Å². The van der Waals surface area contributed by atoms with E-state index in [0.29, 0.717) is 0 Å². The number of nitrogens with zero attached hydrogens (tertiary/aromatic N) is 1. The number of likely N-dealkylation sites (N-methyl/N-ethyl adjacent to an activating group) is 1. The van der Waals surface area contributed by atoms with Crippen LogP contribution in [0.2, 0.25) is 0 Å². The van der Waals surface area contributed by atoms with E-state index >= 15 is 0 Å². The molecule has 2 nitrogen and oxygen atoms in total. The Morgan fingerprint density at radius 1 is 1.40 bits per heavy atom. The van der Waals surface area contributed by atoms with Gasteiger partial charge in [0.1, 0.15) is 0 Å². The van der Waals surface area contributed by atoms with E-state index in [-0.39, 0.29) is 0 Å². The van der Waals surface area contributed by atoms with Gasteiger partial charge in [-0.05, 0) is 26.3 Å². The summed E-state index contributed by atoms with van der Waals surface area (Å²) < 4.78 is 0. The molecule has 0 aromatic rings. The number of hydrogen-bond acceptors (Lipinski definition) is 2. The first-order valence-corrected chi connectivity index (χ1v) is 4.20. The van der Waals surface area contributed by atoms with Gasteiger partial charge < -0.3 is 10.2 Å². The van der Waals surface area contributed by atoms with Crippen LogP contribution < -0.4 is 5.32 Å². The molecule has 0 radical (unpaired) electrons. The van der Waals surface area contributed by atoms with Crippen molar-refractivity contribution in [3.05, 3.63) is 0 Å². The van der Waals surface area contributed by atoms with E-state index in [4.69, 9.17) is 0 Å². The van der Waals surface area contributed by atoms with Crippen LogP contribution in [0.25, 0.3) is 0 Å². The molecule has 0 aliphatic carbocycles. The zero-order valence-electron chi connectivity index (χ0n) is 6.80. The molecule has 0 aromatic heterocycles. The van der Waals surface area contributed by atoms with E-state index in [9.17, 15) is 0 Å². The van der Waals surface area contributed by atoms with Gasteiger partial charge in [0.25, 0.3) is 0 Å². The van der Waals surface area contributed by atoms with E-state index in [1.54, 1.807) is 0 Å². The molecule has 2 fully saturated rings. The summed E-state index contributed by atoms with van der Waals surface area (Å²) in [6.07, 6.45) is 1.38. The second-order valence-corrected chi connectivity index (χ2v) is 3.89. The summed E-state index contributed by atoms with van der Waals surface area (Å²) in [7, 11) is 2.21. The molecule has 2 aliphatic heterocycles. The van der Waals surface area contributed by atoms with Gasteiger partial charge in [-0.25, -0.2) is 0 Å². The van der Waals surface area contributed by atoms with Crippen molar-refractivity contribution in [3.8, 4) is 0 Å². The molecule has 10 heavy (non-hydrogen) atoms. The molecule has 0 saturated carbocycles. The molecular formula is C8H16N2. The zero-order chi connectivity index (χ0) is 7.14. The lowest BCUT2D eigenvalue weighted by atomic mass is 10.0. The topological polar surface area (TPSA) is 15.3 Å². The molecular weight excluding hydrogens is 124 g/mol. The summed E-state index contributed by atoms with van der Waals surface area (Å²) in [6, 6.07) is 1.57. The molecule has 3 atom stereocenters. The number of fused-ring (bicyclic) bond motifs is 1. The fraction of sp³-hybridized carbons (Fsp3) is 1.00. The highest BCUT2D eigenvalue weighted by molar-refractivity contribution is 4.95. The van der Waals surface area contributed by atoms with Crippen molar-refractivity contribution in [2.45, 2.75) is 25.4 Å². The monoisotopic (exact) mass is 140 g/mol. The highest BCUT2D eigenvalue weighted by atomic mass is 15.2. The number of hydrogen-bond donors (Lipinski definition) is 1. The zero-order valence-corrected chi connectivity index (χ0v) is 6.80. The highest BCUT2D eigenvalue weighted by Crippen LogP contribution is 2.26. The van der Waals surface area contributed by atoms with Crippen LogP contribution in [0.3, 0.4) is 0 Å². The van der Waals surface area contributed by atoms with Crippen LogP contribution in [0.15, 0.2) is 0 Å². The molecule has 0 spiro atoms. The average Bonchev–Trinajstić information content (AvgIpc) is 2.21. The van der Waals surface area contributed by atoms with Crippen molar-refractivity contribution in [2.75, 3.05) is 20.1 Å². The van der Waals surface area contributed by atoms with Crippen molar-refractivity contribution in [2.24, 2.45) is 5.92 Å². The Kier molecular flexibility index (Phi) is 1.46. The normalized spacial score (nSPS) is 48.0. The smallest absolute Gasteiger partial charge is 0.0238 e. The third-order valence-corrected chi connectivity index (χ3v) is 2.78. The molecule has 2 heteroatoms. The lowest BCUT2D eigenvalue weighted by Gasteiger charge is -2.11. The Morgan fingerprint density at radius 2 is 2.20 bits per heavy atom. The summed E-state index contributed by atoms with van der Waals surface area (Å²) in [5.74, 6) is 0.944. The van der Waals surface area contributed by atoms with Gasteiger partial charge in [0.2, 0.25) is 0 Å². The van der Waals surface area contributed by atoms with Crippen LogP contribution in [0, 0.1) is 5.92 Å². The van der Waals surface area contributed by atoms with E-state index in [2.05, 4.69) is 24.2 Å². The Hall–Kier alpha value is -0.0800. The molecule has 1 unspecified atom stereocenters. The number of likely N-dealkylation sites (tertiary alicyclic amines) is 1. The first-order valence-electron chi connectivity index (χ1n) is 4.20. The predicted molar refractivity (Wildman–Crippen MR) is 42.0 cm³/mol. The maximum Gasteiger partial charge on any atom is 0.0238 e. The molecule has 2 heterocycles. The largest absolute Gasteiger partial charge is 0.310 e. The second kappa shape index (κ2) is 2.21. The third-order valence-electron chi connectivity index (χ3n) is 2.78. The second-order valence-electron chi connectivity index (χ2n) is 3.89. The van der Waals surface area contributed by atoms with Crippen LogP contribution in [0.4, 0.5) is 0 Å². The van der Waals surface area contributed by atoms with E-state index in [1.807, 2.05) is 0 Å². The summed E-state index contributed by atoms with van der Waals surface area (Å²) in [4.78, 5) is 2.42.